The van der Waals surface area contributed by atoms with Crippen molar-refractivity contribution in [1.29, 1.82) is 0 Å². The van der Waals surface area contributed by atoms with Crippen LogP contribution in [-0.2, 0) is 0 Å². The van der Waals surface area contributed by atoms with E-state index in [-0.39, 0.29) is 22.1 Å². The van der Waals surface area contributed by atoms with E-state index in [0.29, 0.717) is 16.6 Å². The molecular weight excluding hydrogens is 403 g/mol. The number of nitrogen functional groups attached to an aromatic ring is 1. The van der Waals surface area contributed by atoms with Crippen LogP contribution in [0.5, 0.6) is 5.75 Å². The number of nitrogens with one attached hydrogen (secondary N) is 3. The largest absolute Gasteiger partial charge is 0.497 e. The molecule has 0 atom stereocenters. The molecule has 0 aliphatic heterocycles. The van der Waals surface area contributed by atoms with Crippen molar-refractivity contribution in [3.8, 4) is 5.75 Å². The van der Waals surface area contributed by atoms with Gasteiger partial charge in [-0.25, -0.2) is 9.97 Å². The Bertz CT molecular complexity index is 1020. The summed E-state index contributed by atoms with van der Waals surface area (Å²) in [4.78, 5) is 20.5. The quantitative estimate of drug-likeness (QED) is 0.449. The van der Waals surface area contributed by atoms with Gasteiger partial charge in [-0.15, -0.1) is 0 Å². The van der Waals surface area contributed by atoms with Crippen molar-refractivity contribution in [3.05, 3.63) is 64.4 Å². The lowest BCUT2D eigenvalue weighted by molar-refractivity contribution is 0.0962. The molecule has 0 bridgehead atoms. The molecule has 8 nitrogen and oxygen atoms in total. The number of methoxy groups -OCH3 is 1. The van der Waals surface area contributed by atoms with Crippen LogP contribution in [0.1, 0.15) is 10.4 Å². The summed E-state index contributed by atoms with van der Waals surface area (Å²) in [5, 5.41) is 3.74. The molecule has 28 heavy (non-hydrogen) atoms. The molecule has 1 amide bonds. The molecule has 2 aromatic carbocycles. The maximum atomic E-state index is 12.3. The summed E-state index contributed by atoms with van der Waals surface area (Å²) in [6.07, 6.45) is 1.31. The summed E-state index contributed by atoms with van der Waals surface area (Å²) >= 11 is 11.9. The number of carbonyl (C=O) groups is 1. The Morgan fingerprint density at radius 2 is 1.89 bits per heavy atom. The number of amides is 1. The Morgan fingerprint density at radius 1 is 1.11 bits per heavy atom. The lowest BCUT2D eigenvalue weighted by atomic mass is 10.2. The average Bonchev–Trinajstić information content (AvgIpc) is 2.68. The van der Waals surface area contributed by atoms with E-state index in [1.807, 2.05) is 18.2 Å². The van der Waals surface area contributed by atoms with E-state index in [2.05, 4.69) is 26.1 Å². The monoisotopic (exact) mass is 418 g/mol. The second kappa shape index (κ2) is 8.64. The minimum absolute atomic E-state index is 0.216. The third-order valence-corrected chi connectivity index (χ3v) is 4.23. The van der Waals surface area contributed by atoms with Crippen LogP contribution in [0.3, 0.4) is 0 Å². The number of rotatable bonds is 6. The van der Waals surface area contributed by atoms with Gasteiger partial charge in [-0.05, 0) is 30.3 Å². The molecule has 3 aromatic rings. The number of hydrogen-bond donors (Lipinski definition) is 4. The molecule has 0 aliphatic rings. The molecule has 0 fully saturated rings. The molecule has 0 aliphatic carbocycles. The third-order valence-electron chi connectivity index (χ3n) is 3.69. The number of benzene rings is 2. The van der Waals surface area contributed by atoms with Crippen LogP contribution in [0.4, 0.5) is 23.0 Å². The molecule has 3 rings (SSSR count). The molecule has 1 aromatic heterocycles. The molecule has 10 heteroatoms. The van der Waals surface area contributed by atoms with Gasteiger partial charge in [0.05, 0.1) is 17.7 Å². The van der Waals surface area contributed by atoms with Gasteiger partial charge >= 0.3 is 0 Å². The first-order chi connectivity index (χ1) is 13.5. The van der Waals surface area contributed by atoms with Crippen molar-refractivity contribution in [2.24, 2.45) is 0 Å². The van der Waals surface area contributed by atoms with E-state index in [4.69, 9.17) is 33.7 Å². The van der Waals surface area contributed by atoms with Crippen molar-refractivity contribution in [2.45, 2.75) is 0 Å². The number of carbonyl (C=O) groups excluding carboxylic acids is 1. The highest BCUT2D eigenvalue weighted by Gasteiger charge is 2.13. The van der Waals surface area contributed by atoms with Gasteiger partial charge in [0.15, 0.2) is 11.6 Å². The van der Waals surface area contributed by atoms with Gasteiger partial charge in [-0.1, -0.05) is 29.3 Å². The summed E-state index contributed by atoms with van der Waals surface area (Å²) in [6.45, 7) is 0. The second-order valence-corrected chi connectivity index (χ2v) is 6.39. The summed E-state index contributed by atoms with van der Waals surface area (Å²) in [5.41, 5.74) is 12.5. The molecule has 5 N–H and O–H groups in total. The number of anilines is 4. The number of nitrogens with zero attached hydrogens (tertiary/aromatic N) is 2. The first-order valence-corrected chi connectivity index (χ1v) is 8.76. The molecular formula is C18H16Cl2N6O2. The number of nitrogens with two attached hydrogens (primary N) is 1. The molecule has 0 radical (unpaired) electrons. The van der Waals surface area contributed by atoms with E-state index >= 15 is 0 Å². The van der Waals surface area contributed by atoms with Crippen molar-refractivity contribution in [3.63, 3.8) is 0 Å². The SMILES string of the molecule is COc1cccc(Nc2ncnc(NNC(=O)c3ccc(Cl)cc3Cl)c2N)c1. The molecule has 144 valence electrons. The van der Waals surface area contributed by atoms with Crippen LogP contribution < -0.4 is 26.6 Å². The van der Waals surface area contributed by atoms with E-state index in [9.17, 15) is 4.79 Å². The molecule has 1 heterocycles. The zero-order valence-electron chi connectivity index (χ0n) is 14.7. The summed E-state index contributed by atoms with van der Waals surface area (Å²) in [6, 6.07) is 11.8. The fraction of sp³-hybridized carbons (Fsp3) is 0.0556. The molecule has 0 unspecified atom stereocenters. The first kappa shape index (κ1) is 19.5. The minimum atomic E-state index is -0.470. The average molecular weight is 419 g/mol. The van der Waals surface area contributed by atoms with Crippen LogP contribution in [-0.4, -0.2) is 23.0 Å². The standard InChI is InChI=1S/C18H16Cl2N6O2/c1-28-12-4-2-3-11(8-12)24-16-15(21)17(23-9-22-16)25-26-18(27)13-6-5-10(19)7-14(13)20/h2-9H,21H2,1H3,(H,26,27)(H2,22,23,24,25). The lowest BCUT2D eigenvalue weighted by Gasteiger charge is -2.14. The lowest BCUT2D eigenvalue weighted by Crippen LogP contribution is -2.30. The molecule has 0 spiro atoms. The van der Waals surface area contributed by atoms with Gasteiger partial charge in [0.1, 0.15) is 17.8 Å². The summed E-state index contributed by atoms with van der Waals surface area (Å²) in [5.74, 6) is 0.799. The number of hydrogen-bond acceptors (Lipinski definition) is 7. The first-order valence-electron chi connectivity index (χ1n) is 8.01. The van der Waals surface area contributed by atoms with E-state index in [1.165, 1.54) is 18.5 Å². The Kier molecular flexibility index (Phi) is 6.03. The predicted octanol–water partition coefficient (Wildman–Crippen LogP) is 3.87. The minimum Gasteiger partial charge on any atom is -0.497 e. The van der Waals surface area contributed by atoms with Crippen molar-refractivity contribution in [2.75, 3.05) is 23.6 Å². The number of hydrazine groups is 1. The molecule has 0 saturated carbocycles. The topological polar surface area (TPSA) is 114 Å². The number of halogens is 2. The summed E-state index contributed by atoms with van der Waals surface area (Å²) in [7, 11) is 1.58. The van der Waals surface area contributed by atoms with Crippen molar-refractivity contribution >= 4 is 52.1 Å². The van der Waals surface area contributed by atoms with Crippen LogP contribution in [0.25, 0.3) is 0 Å². The van der Waals surface area contributed by atoms with Gasteiger partial charge in [0.2, 0.25) is 0 Å². The van der Waals surface area contributed by atoms with Crippen molar-refractivity contribution < 1.29 is 9.53 Å². The number of aromatic nitrogens is 2. The zero-order valence-corrected chi connectivity index (χ0v) is 16.2. The smallest absolute Gasteiger partial charge is 0.271 e. The zero-order chi connectivity index (χ0) is 20.1. The molecule has 0 saturated heterocycles. The Morgan fingerprint density at radius 3 is 2.64 bits per heavy atom. The van der Waals surface area contributed by atoms with Crippen LogP contribution in [0.15, 0.2) is 48.8 Å². The highest BCUT2D eigenvalue weighted by atomic mass is 35.5. The van der Waals surface area contributed by atoms with Crippen LogP contribution >= 0.6 is 23.2 Å². The number of ether oxygens (including phenoxy) is 1. The fourth-order valence-electron chi connectivity index (χ4n) is 2.29. The third kappa shape index (κ3) is 4.54. The Labute approximate surface area is 171 Å². The highest BCUT2D eigenvalue weighted by Crippen LogP contribution is 2.27. The van der Waals surface area contributed by atoms with Gasteiger partial charge in [0, 0.05) is 16.8 Å². The van der Waals surface area contributed by atoms with Crippen LogP contribution in [0.2, 0.25) is 10.0 Å². The Hall–Kier alpha value is -3.23. The maximum Gasteiger partial charge on any atom is 0.271 e. The van der Waals surface area contributed by atoms with E-state index < -0.39 is 5.91 Å². The predicted molar refractivity (Wildman–Crippen MR) is 110 cm³/mol. The highest BCUT2D eigenvalue weighted by molar-refractivity contribution is 6.36. The second-order valence-electron chi connectivity index (χ2n) is 5.54. The maximum absolute atomic E-state index is 12.3. The Balaban J connectivity index is 1.73. The van der Waals surface area contributed by atoms with Gasteiger partial charge in [-0.2, -0.15) is 0 Å². The van der Waals surface area contributed by atoms with Gasteiger partial charge < -0.3 is 15.8 Å². The van der Waals surface area contributed by atoms with E-state index in [0.717, 1.165) is 5.69 Å². The van der Waals surface area contributed by atoms with Gasteiger partial charge in [0.25, 0.3) is 5.91 Å². The fourth-order valence-corrected chi connectivity index (χ4v) is 2.78. The van der Waals surface area contributed by atoms with E-state index in [1.54, 1.807) is 19.2 Å². The van der Waals surface area contributed by atoms with Crippen LogP contribution in [0, 0.1) is 0 Å². The van der Waals surface area contributed by atoms with Gasteiger partial charge in [-0.3, -0.25) is 15.6 Å². The normalized spacial score (nSPS) is 10.2. The van der Waals surface area contributed by atoms with Crippen molar-refractivity contribution in [1.82, 2.24) is 15.4 Å². The summed E-state index contributed by atoms with van der Waals surface area (Å²) < 4.78 is 5.19.